The van der Waals surface area contributed by atoms with Crippen LogP contribution in [0.25, 0.3) is 16.7 Å². The molecule has 1 amide bonds. The summed E-state index contributed by atoms with van der Waals surface area (Å²) in [5, 5.41) is 0. The van der Waals surface area contributed by atoms with Gasteiger partial charge in [0.2, 0.25) is 5.91 Å². The maximum Gasteiger partial charge on any atom is 0.225 e. The molecule has 2 fully saturated rings. The Morgan fingerprint density at radius 2 is 1.64 bits per heavy atom. The normalized spacial score (nSPS) is 18.8. The van der Waals surface area contributed by atoms with E-state index in [0.29, 0.717) is 12.5 Å². The van der Waals surface area contributed by atoms with Crippen LogP contribution in [0.4, 0.5) is 4.39 Å². The molecule has 33 heavy (non-hydrogen) atoms. The van der Waals surface area contributed by atoms with Crippen molar-refractivity contribution in [1.29, 1.82) is 0 Å². The number of likely N-dealkylation sites (N-methyl/N-ethyl adjacent to an activating group) is 1. The molecule has 0 N–H and O–H groups in total. The van der Waals surface area contributed by atoms with Crippen LogP contribution in [0.1, 0.15) is 25.6 Å². The van der Waals surface area contributed by atoms with Gasteiger partial charge in [0.1, 0.15) is 11.6 Å². The second-order valence-electron chi connectivity index (χ2n) is 9.14. The lowest BCUT2D eigenvalue weighted by molar-refractivity contribution is -0.138. The van der Waals surface area contributed by atoms with Crippen LogP contribution in [0.5, 0.6) is 0 Å². The monoisotopic (exact) mass is 449 g/mol. The van der Waals surface area contributed by atoms with E-state index in [1.54, 1.807) is 12.1 Å². The molecule has 2 saturated heterocycles. The summed E-state index contributed by atoms with van der Waals surface area (Å²) in [6.07, 6.45) is 1.78. The van der Waals surface area contributed by atoms with Gasteiger partial charge in [-0.05, 0) is 68.9 Å². The maximum absolute atomic E-state index is 13.5. The van der Waals surface area contributed by atoms with Crippen LogP contribution in [0.2, 0.25) is 0 Å². The van der Waals surface area contributed by atoms with E-state index in [1.165, 1.54) is 12.1 Å². The number of aromatic nitrogens is 2. The largest absolute Gasteiger partial charge is 0.340 e. The number of amides is 1. The SMILES string of the molecule is CCN1CCN(C(=O)C2CCN(Cc3nc4ccccc4n3-c3ccc(F)cc3)CC2)CC1. The summed E-state index contributed by atoms with van der Waals surface area (Å²) >= 11 is 0. The Bertz CT molecular complexity index is 1100. The second-order valence-corrected chi connectivity index (χ2v) is 9.14. The van der Waals surface area contributed by atoms with Crippen molar-refractivity contribution in [3.8, 4) is 5.69 Å². The van der Waals surface area contributed by atoms with Crippen LogP contribution in [0.3, 0.4) is 0 Å². The van der Waals surface area contributed by atoms with Gasteiger partial charge in [-0.25, -0.2) is 9.37 Å². The van der Waals surface area contributed by atoms with Crippen LogP contribution in [0.15, 0.2) is 48.5 Å². The highest BCUT2D eigenvalue weighted by Crippen LogP contribution is 2.26. The molecule has 0 atom stereocenters. The van der Waals surface area contributed by atoms with Crippen molar-refractivity contribution in [1.82, 2.24) is 24.3 Å². The number of hydrogen-bond acceptors (Lipinski definition) is 4. The molecule has 0 unspecified atom stereocenters. The number of likely N-dealkylation sites (tertiary alicyclic amines) is 1. The summed E-state index contributed by atoms with van der Waals surface area (Å²) in [5.74, 6) is 1.17. The highest BCUT2D eigenvalue weighted by Gasteiger charge is 2.30. The third kappa shape index (κ3) is 4.66. The van der Waals surface area contributed by atoms with Crippen LogP contribution in [0, 0.1) is 11.7 Å². The molecule has 3 aromatic rings. The van der Waals surface area contributed by atoms with Gasteiger partial charge in [0.25, 0.3) is 0 Å². The number of carbonyl (C=O) groups is 1. The van der Waals surface area contributed by atoms with Gasteiger partial charge in [0.15, 0.2) is 0 Å². The molecule has 0 bridgehead atoms. The van der Waals surface area contributed by atoms with Crippen LogP contribution in [-0.4, -0.2) is 76.0 Å². The minimum Gasteiger partial charge on any atom is -0.340 e. The fourth-order valence-electron chi connectivity index (χ4n) is 5.14. The number of imidazole rings is 1. The fraction of sp³-hybridized carbons (Fsp3) is 0.462. The van der Waals surface area contributed by atoms with Gasteiger partial charge in [0.05, 0.1) is 17.6 Å². The van der Waals surface area contributed by atoms with Gasteiger partial charge in [-0.3, -0.25) is 14.3 Å². The zero-order valence-corrected chi connectivity index (χ0v) is 19.3. The first kappa shape index (κ1) is 22.0. The van der Waals surface area contributed by atoms with E-state index in [1.807, 2.05) is 18.2 Å². The summed E-state index contributed by atoms with van der Waals surface area (Å²) in [5.41, 5.74) is 2.87. The van der Waals surface area contributed by atoms with Gasteiger partial charge in [0, 0.05) is 37.8 Å². The lowest BCUT2D eigenvalue weighted by Gasteiger charge is -2.38. The third-order valence-corrected chi connectivity index (χ3v) is 7.15. The fourth-order valence-corrected chi connectivity index (χ4v) is 5.14. The highest BCUT2D eigenvalue weighted by molar-refractivity contribution is 5.79. The van der Waals surface area contributed by atoms with Gasteiger partial charge < -0.3 is 9.80 Å². The van der Waals surface area contributed by atoms with E-state index < -0.39 is 0 Å². The van der Waals surface area contributed by atoms with E-state index in [9.17, 15) is 9.18 Å². The average Bonchev–Trinajstić information content (AvgIpc) is 3.22. The van der Waals surface area contributed by atoms with Crippen molar-refractivity contribution >= 4 is 16.9 Å². The van der Waals surface area contributed by atoms with Crippen molar-refractivity contribution in [3.05, 3.63) is 60.2 Å². The smallest absolute Gasteiger partial charge is 0.225 e. The topological polar surface area (TPSA) is 44.6 Å². The molecule has 5 rings (SSSR count). The predicted molar refractivity (Wildman–Crippen MR) is 128 cm³/mol. The predicted octanol–water partition coefficient (Wildman–Crippen LogP) is 3.54. The zero-order chi connectivity index (χ0) is 22.8. The number of fused-ring (bicyclic) bond motifs is 1. The number of carbonyl (C=O) groups excluding carboxylic acids is 1. The first-order valence-electron chi connectivity index (χ1n) is 12.1. The molecule has 174 valence electrons. The zero-order valence-electron chi connectivity index (χ0n) is 19.3. The molecule has 0 aliphatic carbocycles. The van der Waals surface area contributed by atoms with Gasteiger partial charge in [-0.15, -0.1) is 0 Å². The third-order valence-electron chi connectivity index (χ3n) is 7.15. The van der Waals surface area contributed by atoms with Crippen molar-refractivity contribution in [2.75, 3.05) is 45.8 Å². The first-order chi connectivity index (χ1) is 16.1. The molecule has 2 aliphatic rings. The van der Waals surface area contributed by atoms with Gasteiger partial charge >= 0.3 is 0 Å². The maximum atomic E-state index is 13.5. The van der Waals surface area contributed by atoms with Gasteiger partial charge in [-0.2, -0.15) is 0 Å². The minimum absolute atomic E-state index is 0.130. The van der Waals surface area contributed by atoms with E-state index in [-0.39, 0.29) is 11.7 Å². The van der Waals surface area contributed by atoms with Crippen molar-refractivity contribution in [2.24, 2.45) is 5.92 Å². The standard InChI is InChI=1S/C26H32FN5O/c1-2-29-15-17-31(18-16-29)26(33)20-11-13-30(14-12-20)19-25-28-23-5-3-4-6-24(23)32(25)22-9-7-21(27)8-10-22/h3-10,20H,2,11-19H2,1H3. The molecule has 2 aliphatic heterocycles. The summed E-state index contributed by atoms with van der Waals surface area (Å²) in [7, 11) is 0. The number of para-hydroxylation sites is 2. The van der Waals surface area contributed by atoms with Crippen molar-refractivity contribution in [2.45, 2.75) is 26.3 Å². The number of piperidine rings is 1. The number of piperazine rings is 1. The van der Waals surface area contributed by atoms with Crippen LogP contribution in [-0.2, 0) is 11.3 Å². The molecule has 0 radical (unpaired) electrons. The number of rotatable bonds is 5. The Hall–Kier alpha value is -2.77. The Labute approximate surface area is 194 Å². The second kappa shape index (κ2) is 9.61. The lowest BCUT2D eigenvalue weighted by atomic mass is 9.95. The molecule has 7 heteroatoms. The molecular weight excluding hydrogens is 417 g/mol. The van der Waals surface area contributed by atoms with E-state index in [4.69, 9.17) is 4.98 Å². The summed E-state index contributed by atoms with van der Waals surface area (Å²) in [4.78, 5) is 24.8. The first-order valence-corrected chi connectivity index (χ1v) is 12.1. The molecule has 2 aromatic carbocycles. The molecule has 0 saturated carbocycles. The number of hydrogen-bond donors (Lipinski definition) is 0. The van der Waals surface area contributed by atoms with Crippen LogP contribution < -0.4 is 0 Å². The number of halogens is 1. The molecule has 1 aromatic heterocycles. The summed E-state index contributed by atoms with van der Waals surface area (Å²) in [6, 6.07) is 14.7. The van der Waals surface area contributed by atoms with E-state index in [0.717, 1.165) is 81.2 Å². The quantitative estimate of drug-likeness (QED) is 0.598. The Balaban J connectivity index is 1.27. The summed E-state index contributed by atoms with van der Waals surface area (Å²) in [6.45, 7) is 9.41. The average molecular weight is 450 g/mol. The van der Waals surface area contributed by atoms with Crippen molar-refractivity contribution < 1.29 is 9.18 Å². The van der Waals surface area contributed by atoms with E-state index in [2.05, 4.69) is 32.3 Å². The highest BCUT2D eigenvalue weighted by atomic mass is 19.1. The Morgan fingerprint density at radius 3 is 2.33 bits per heavy atom. The van der Waals surface area contributed by atoms with Crippen molar-refractivity contribution in [3.63, 3.8) is 0 Å². The molecule has 0 spiro atoms. The molecule has 6 nitrogen and oxygen atoms in total. The Kier molecular flexibility index (Phi) is 6.42. The Morgan fingerprint density at radius 1 is 0.939 bits per heavy atom. The summed E-state index contributed by atoms with van der Waals surface area (Å²) < 4.78 is 15.6. The molecule has 3 heterocycles. The van der Waals surface area contributed by atoms with Gasteiger partial charge in [-0.1, -0.05) is 19.1 Å². The number of nitrogens with zero attached hydrogens (tertiary/aromatic N) is 5. The van der Waals surface area contributed by atoms with E-state index >= 15 is 0 Å². The number of benzene rings is 2. The molecular formula is C26H32FN5O. The minimum atomic E-state index is -0.243. The van der Waals surface area contributed by atoms with Crippen LogP contribution >= 0.6 is 0 Å². The lowest BCUT2D eigenvalue weighted by Crippen LogP contribution is -2.51.